The van der Waals surface area contributed by atoms with Crippen LogP contribution in [0.15, 0.2) is 53.7 Å². The van der Waals surface area contributed by atoms with E-state index < -0.39 is 9.85 Å². The van der Waals surface area contributed by atoms with Gasteiger partial charge in [0.1, 0.15) is 12.4 Å². The van der Waals surface area contributed by atoms with Crippen LogP contribution in [0.5, 0.6) is 5.75 Å². The first-order valence-corrected chi connectivity index (χ1v) is 9.74. The number of benzene rings is 2. The maximum Gasteiger partial charge on any atom is 0.269 e. The molecule has 0 saturated carbocycles. The highest BCUT2D eigenvalue weighted by atomic mass is 32.2. The Hall–Kier alpha value is -4.00. The molecule has 0 radical (unpaired) electrons. The molecule has 1 heterocycles. The highest BCUT2D eigenvalue weighted by molar-refractivity contribution is 7.99. The van der Waals surface area contributed by atoms with Gasteiger partial charge in [0.25, 0.3) is 11.4 Å². The van der Waals surface area contributed by atoms with Crippen molar-refractivity contribution in [1.29, 1.82) is 0 Å². The van der Waals surface area contributed by atoms with Gasteiger partial charge in [0.05, 0.1) is 15.6 Å². The first-order chi connectivity index (χ1) is 14.8. The first kappa shape index (κ1) is 21.7. The monoisotopic (exact) mass is 444 g/mol. The molecule has 12 nitrogen and oxygen atoms in total. The molecule has 0 aliphatic rings. The molecule has 0 saturated heterocycles. The molecule has 1 N–H and O–H groups in total. The molecular weight excluding hydrogens is 428 g/mol. The summed E-state index contributed by atoms with van der Waals surface area (Å²) in [5.41, 5.74) is 0.359. The standard InChI is InChI=1S/C18H16N6O6S/c1-22-16(10-30-15-8-6-14(7-9-15)24(28)29)20-21-18(22)31-11-17(25)19-12-2-4-13(5-3-12)23(26)27/h2-9H,10-11H2,1H3,(H,19,25). The Labute approximate surface area is 179 Å². The number of hydrogen-bond acceptors (Lipinski definition) is 9. The van der Waals surface area contributed by atoms with Crippen molar-refractivity contribution in [2.45, 2.75) is 11.8 Å². The van der Waals surface area contributed by atoms with E-state index in [0.29, 0.717) is 22.4 Å². The first-order valence-electron chi connectivity index (χ1n) is 8.76. The second kappa shape index (κ2) is 9.67. The lowest BCUT2D eigenvalue weighted by atomic mass is 10.3. The summed E-state index contributed by atoms with van der Waals surface area (Å²) >= 11 is 1.17. The van der Waals surface area contributed by atoms with E-state index in [0.717, 1.165) is 0 Å². The van der Waals surface area contributed by atoms with Gasteiger partial charge in [0.2, 0.25) is 5.91 Å². The molecule has 0 unspecified atom stereocenters. The minimum absolute atomic E-state index is 0.0308. The third-order valence-electron chi connectivity index (χ3n) is 4.03. The van der Waals surface area contributed by atoms with E-state index in [-0.39, 0.29) is 29.6 Å². The Kier molecular flexibility index (Phi) is 6.77. The fourth-order valence-corrected chi connectivity index (χ4v) is 3.13. The molecule has 3 rings (SSSR count). The molecule has 0 atom stereocenters. The van der Waals surface area contributed by atoms with Crippen LogP contribution < -0.4 is 10.1 Å². The number of anilines is 1. The van der Waals surface area contributed by atoms with Crippen LogP contribution in [0, 0.1) is 20.2 Å². The van der Waals surface area contributed by atoms with Gasteiger partial charge in [-0.3, -0.25) is 25.0 Å². The predicted molar refractivity (Wildman–Crippen MR) is 111 cm³/mol. The number of amides is 1. The Morgan fingerprint density at radius 2 is 1.61 bits per heavy atom. The summed E-state index contributed by atoms with van der Waals surface area (Å²) in [6.45, 7) is 0.0941. The van der Waals surface area contributed by atoms with E-state index >= 15 is 0 Å². The maximum atomic E-state index is 12.1. The molecule has 13 heteroatoms. The number of aromatic nitrogens is 3. The number of thioether (sulfide) groups is 1. The number of nitro groups is 2. The van der Waals surface area contributed by atoms with Gasteiger partial charge in [-0.25, -0.2) is 0 Å². The van der Waals surface area contributed by atoms with E-state index in [2.05, 4.69) is 15.5 Å². The molecular formula is C18H16N6O6S. The number of non-ortho nitro benzene ring substituents is 2. The number of nitro benzene ring substituents is 2. The van der Waals surface area contributed by atoms with Crippen LogP contribution in [0.1, 0.15) is 5.82 Å². The SMILES string of the molecule is Cn1c(COc2ccc([N+](=O)[O-])cc2)nnc1SCC(=O)Nc1ccc([N+](=O)[O-])cc1. The fraction of sp³-hybridized carbons (Fsp3) is 0.167. The van der Waals surface area contributed by atoms with Crippen LogP contribution in [0.4, 0.5) is 17.1 Å². The summed E-state index contributed by atoms with van der Waals surface area (Å²) in [5, 5.41) is 32.5. The van der Waals surface area contributed by atoms with Crippen molar-refractivity contribution in [2.75, 3.05) is 11.1 Å². The minimum Gasteiger partial charge on any atom is -0.486 e. The third kappa shape index (κ3) is 5.76. The topological polar surface area (TPSA) is 155 Å². The summed E-state index contributed by atoms with van der Waals surface area (Å²) in [4.78, 5) is 32.4. The lowest BCUT2D eigenvalue weighted by molar-refractivity contribution is -0.385. The van der Waals surface area contributed by atoms with Crippen molar-refractivity contribution in [3.05, 3.63) is 74.6 Å². The smallest absolute Gasteiger partial charge is 0.269 e. The third-order valence-corrected chi connectivity index (χ3v) is 5.06. The summed E-state index contributed by atoms with van der Waals surface area (Å²) in [5.74, 6) is 0.721. The van der Waals surface area contributed by atoms with Crippen LogP contribution >= 0.6 is 11.8 Å². The largest absolute Gasteiger partial charge is 0.486 e. The fourth-order valence-electron chi connectivity index (χ4n) is 2.40. The molecule has 1 aromatic heterocycles. The van der Waals surface area contributed by atoms with Crippen molar-refractivity contribution in [3.8, 4) is 5.75 Å². The molecule has 160 valence electrons. The Morgan fingerprint density at radius 3 is 2.19 bits per heavy atom. The van der Waals surface area contributed by atoms with E-state index in [4.69, 9.17) is 4.74 Å². The molecule has 0 aliphatic heterocycles. The second-order valence-corrected chi connectivity index (χ2v) is 7.08. The number of rotatable bonds is 9. The molecule has 3 aromatic rings. The van der Waals surface area contributed by atoms with Gasteiger partial charge < -0.3 is 14.6 Å². The van der Waals surface area contributed by atoms with Crippen LogP contribution in [0.25, 0.3) is 0 Å². The number of nitrogens with one attached hydrogen (secondary N) is 1. The highest BCUT2D eigenvalue weighted by Crippen LogP contribution is 2.20. The number of nitrogens with zero attached hydrogens (tertiary/aromatic N) is 5. The number of carbonyl (C=O) groups is 1. The van der Waals surface area contributed by atoms with E-state index in [9.17, 15) is 25.0 Å². The zero-order chi connectivity index (χ0) is 22.4. The van der Waals surface area contributed by atoms with Crippen molar-refractivity contribution in [3.63, 3.8) is 0 Å². The molecule has 1 amide bonds. The summed E-state index contributed by atoms with van der Waals surface area (Å²) < 4.78 is 7.25. The lowest BCUT2D eigenvalue weighted by Crippen LogP contribution is -2.14. The van der Waals surface area contributed by atoms with E-state index in [1.54, 1.807) is 11.6 Å². The van der Waals surface area contributed by atoms with Crippen molar-refractivity contribution in [2.24, 2.45) is 7.05 Å². The van der Waals surface area contributed by atoms with Crippen molar-refractivity contribution < 1.29 is 19.4 Å². The number of hydrogen-bond donors (Lipinski definition) is 1. The second-order valence-electron chi connectivity index (χ2n) is 6.14. The van der Waals surface area contributed by atoms with E-state index in [1.807, 2.05) is 0 Å². The quantitative estimate of drug-likeness (QED) is 0.298. The number of carbonyl (C=O) groups excluding carboxylic acids is 1. The predicted octanol–water partition coefficient (Wildman–Crippen LogP) is 2.94. The molecule has 2 aromatic carbocycles. The van der Waals surface area contributed by atoms with Gasteiger partial charge in [-0.15, -0.1) is 10.2 Å². The molecule has 31 heavy (non-hydrogen) atoms. The summed E-state index contributed by atoms with van der Waals surface area (Å²) in [6, 6.07) is 11.2. The van der Waals surface area contributed by atoms with Crippen LogP contribution in [-0.4, -0.2) is 36.3 Å². The highest BCUT2D eigenvalue weighted by Gasteiger charge is 2.13. The lowest BCUT2D eigenvalue weighted by Gasteiger charge is -2.07. The molecule has 0 fully saturated rings. The zero-order valence-electron chi connectivity index (χ0n) is 16.1. The number of ether oxygens (including phenoxy) is 1. The van der Waals surface area contributed by atoms with Crippen molar-refractivity contribution in [1.82, 2.24) is 14.8 Å². The Balaban J connectivity index is 1.50. The van der Waals surface area contributed by atoms with Crippen LogP contribution in [-0.2, 0) is 18.4 Å². The summed E-state index contributed by atoms with van der Waals surface area (Å²) in [7, 11) is 1.73. The van der Waals surface area contributed by atoms with Gasteiger partial charge >= 0.3 is 0 Å². The molecule has 0 spiro atoms. The van der Waals surface area contributed by atoms with Gasteiger partial charge in [-0.2, -0.15) is 0 Å². The van der Waals surface area contributed by atoms with Gasteiger partial charge in [0.15, 0.2) is 11.0 Å². The average Bonchev–Trinajstić information content (AvgIpc) is 3.11. The molecule has 0 bridgehead atoms. The molecule has 0 aliphatic carbocycles. The van der Waals surface area contributed by atoms with Crippen LogP contribution in [0.3, 0.4) is 0 Å². The summed E-state index contributed by atoms with van der Waals surface area (Å²) in [6.07, 6.45) is 0. The normalized spacial score (nSPS) is 10.5. The minimum atomic E-state index is -0.515. The zero-order valence-corrected chi connectivity index (χ0v) is 16.9. The van der Waals surface area contributed by atoms with E-state index in [1.165, 1.54) is 60.3 Å². The van der Waals surface area contributed by atoms with Crippen LogP contribution in [0.2, 0.25) is 0 Å². The maximum absolute atomic E-state index is 12.1. The van der Waals surface area contributed by atoms with Gasteiger partial charge in [0, 0.05) is 37.0 Å². The Bertz CT molecular complexity index is 1100. The van der Waals surface area contributed by atoms with Crippen molar-refractivity contribution >= 4 is 34.7 Å². The van der Waals surface area contributed by atoms with Gasteiger partial charge in [-0.05, 0) is 24.3 Å². The van der Waals surface area contributed by atoms with Gasteiger partial charge in [-0.1, -0.05) is 11.8 Å². The Morgan fingerprint density at radius 1 is 1.03 bits per heavy atom. The average molecular weight is 444 g/mol.